The summed E-state index contributed by atoms with van der Waals surface area (Å²) in [5.41, 5.74) is -1.07. The molecule has 0 bridgehead atoms. The quantitative estimate of drug-likeness (QED) is 0.624. The lowest BCUT2D eigenvalue weighted by atomic mass is 10.1. The van der Waals surface area contributed by atoms with Crippen LogP contribution in [0, 0.1) is 5.82 Å². The Morgan fingerprint density at radius 1 is 1.08 bits per heavy atom. The van der Waals surface area contributed by atoms with Gasteiger partial charge in [-0.2, -0.15) is 13.2 Å². The molecule has 4 nitrogen and oxygen atoms in total. The Labute approximate surface area is 147 Å². The Morgan fingerprint density at radius 3 is 2.38 bits per heavy atom. The van der Waals surface area contributed by atoms with Gasteiger partial charge < -0.3 is 15.3 Å². The first-order valence-electron chi connectivity index (χ1n) is 8.02. The van der Waals surface area contributed by atoms with E-state index < -0.39 is 34.9 Å². The molecule has 0 aromatic heterocycles. The molecule has 2 N–H and O–H groups in total. The maximum absolute atomic E-state index is 14.3. The van der Waals surface area contributed by atoms with Gasteiger partial charge in [0.15, 0.2) is 0 Å². The largest absolute Gasteiger partial charge is 0.506 e. The van der Waals surface area contributed by atoms with Crippen molar-refractivity contribution in [2.75, 3.05) is 23.3 Å². The first kappa shape index (κ1) is 18.0. The Bertz CT molecular complexity index is 830. The molecule has 0 saturated carbocycles. The van der Waals surface area contributed by atoms with Crippen molar-refractivity contribution in [3.63, 3.8) is 0 Å². The number of carbonyl (C=O) groups excluding carboxylic acids is 1. The lowest BCUT2D eigenvalue weighted by Gasteiger charge is -2.18. The molecule has 1 aliphatic heterocycles. The Balaban J connectivity index is 1.81. The number of carbonyl (C=O) groups is 1. The summed E-state index contributed by atoms with van der Waals surface area (Å²) >= 11 is 0. The van der Waals surface area contributed by atoms with E-state index in [9.17, 15) is 27.5 Å². The highest BCUT2D eigenvalue weighted by Gasteiger charge is 2.31. The van der Waals surface area contributed by atoms with Crippen molar-refractivity contribution in [3.05, 3.63) is 53.3 Å². The van der Waals surface area contributed by atoms with E-state index in [4.69, 9.17) is 0 Å². The summed E-state index contributed by atoms with van der Waals surface area (Å²) in [7, 11) is 0. The number of nitrogens with zero attached hydrogens (tertiary/aromatic N) is 1. The summed E-state index contributed by atoms with van der Waals surface area (Å²) in [6, 6.07) is 6.08. The zero-order valence-electron chi connectivity index (χ0n) is 13.6. The minimum atomic E-state index is -4.61. The van der Waals surface area contributed by atoms with Gasteiger partial charge >= 0.3 is 6.18 Å². The lowest BCUT2D eigenvalue weighted by molar-refractivity contribution is -0.137. The van der Waals surface area contributed by atoms with Gasteiger partial charge in [-0.3, -0.25) is 4.79 Å². The van der Waals surface area contributed by atoms with Crippen molar-refractivity contribution in [1.82, 2.24) is 0 Å². The number of alkyl halides is 3. The van der Waals surface area contributed by atoms with Crippen LogP contribution < -0.4 is 10.2 Å². The first-order chi connectivity index (χ1) is 12.3. The van der Waals surface area contributed by atoms with E-state index in [1.54, 1.807) is 0 Å². The van der Waals surface area contributed by atoms with E-state index in [-0.39, 0.29) is 5.56 Å². The SMILES string of the molecule is O=C(Nc1cc(C(F)(F)F)ccc1O)c1ccc(N2CCCC2)c(F)c1. The Kier molecular flexibility index (Phi) is 4.76. The number of aromatic hydroxyl groups is 1. The highest BCUT2D eigenvalue weighted by Crippen LogP contribution is 2.34. The third kappa shape index (κ3) is 3.74. The van der Waals surface area contributed by atoms with Crippen LogP contribution in [-0.2, 0) is 6.18 Å². The van der Waals surface area contributed by atoms with Crippen molar-refractivity contribution < 1.29 is 27.5 Å². The predicted molar refractivity (Wildman–Crippen MR) is 88.9 cm³/mol. The standard InChI is InChI=1S/C18H16F4N2O2/c19-13-9-11(3-5-15(13)24-7-1-2-8-24)17(26)23-14-10-12(18(20,21)22)4-6-16(14)25/h3-6,9-10,25H,1-2,7-8H2,(H,23,26). The van der Waals surface area contributed by atoms with Gasteiger partial charge in [0.1, 0.15) is 11.6 Å². The van der Waals surface area contributed by atoms with Crippen molar-refractivity contribution >= 4 is 17.3 Å². The second-order valence-electron chi connectivity index (χ2n) is 6.04. The molecule has 3 rings (SSSR count). The average Bonchev–Trinajstić information content (AvgIpc) is 3.09. The van der Waals surface area contributed by atoms with Crippen LogP contribution in [0.4, 0.5) is 28.9 Å². The third-order valence-corrected chi connectivity index (χ3v) is 4.23. The smallest absolute Gasteiger partial charge is 0.416 e. The van der Waals surface area contributed by atoms with Gasteiger partial charge in [0.05, 0.1) is 16.9 Å². The predicted octanol–water partition coefficient (Wildman–Crippen LogP) is 4.40. The number of rotatable bonds is 3. The van der Waals surface area contributed by atoms with E-state index >= 15 is 0 Å². The number of anilines is 2. The highest BCUT2D eigenvalue weighted by atomic mass is 19.4. The number of phenolic OH excluding ortho intramolecular Hbond substituents is 1. The van der Waals surface area contributed by atoms with Crippen LogP contribution in [0.15, 0.2) is 36.4 Å². The fourth-order valence-electron chi connectivity index (χ4n) is 2.87. The summed E-state index contributed by atoms with van der Waals surface area (Å²) < 4.78 is 52.6. The molecule has 1 saturated heterocycles. The molecule has 8 heteroatoms. The number of benzene rings is 2. The molecule has 0 spiro atoms. The topological polar surface area (TPSA) is 52.6 Å². The van der Waals surface area contributed by atoms with Gasteiger partial charge in [0.25, 0.3) is 5.91 Å². The van der Waals surface area contributed by atoms with E-state index in [0.717, 1.165) is 38.1 Å². The van der Waals surface area contributed by atoms with Crippen molar-refractivity contribution in [3.8, 4) is 5.75 Å². The number of hydrogen-bond acceptors (Lipinski definition) is 3. The van der Waals surface area contributed by atoms with Gasteiger partial charge in [-0.15, -0.1) is 0 Å². The van der Waals surface area contributed by atoms with Crippen molar-refractivity contribution in [1.29, 1.82) is 0 Å². The Morgan fingerprint density at radius 2 is 1.77 bits per heavy atom. The number of amides is 1. The van der Waals surface area contributed by atoms with Gasteiger partial charge in [-0.05, 0) is 49.2 Å². The van der Waals surface area contributed by atoms with Gasteiger partial charge in [0.2, 0.25) is 0 Å². The van der Waals surface area contributed by atoms with Gasteiger partial charge in [-0.25, -0.2) is 4.39 Å². The van der Waals surface area contributed by atoms with Crippen LogP contribution in [0.2, 0.25) is 0 Å². The van der Waals surface area contributed by atoms with E-state index in [2.05, 4.69) is 5.32 Å². The van der Waals surface area contributed by atoms with Gasteiger partial charge in [-0.1, -0.05) is 0 Å². The molecule has 2 aromatic rings. The summed E-state index contributed by atoms with van der Waals surface area (Å²) in [6.45, 7) is 1.47. The molecule has 0 atom stereocenters. The van der Waals surface area contributed by atoms with E-state index in [1.807, 2.05) is 4.90 Å². The maximum atomic E-state index is 14.3. The van der Waals surface area contributed by atoms with Crippen molar-refractivity contribution in [2.45, 2.75) is 19.0 Å². The number of nitrogens with one attached hydrogen (secondary N) is 1. The molecular formula is C18H16F4N2O2. The number of halogens is 4. The van der Waals surface area contributed by atoms with Crippen LogP contribution >= 0.6 is 0 Å². The summed E-state index contributed by atoms with van der Waals surface area (Å²) in [5, 5.41) is 11.9. The van der Waals surface area contributed by atoms with Crippen LogP contribution in [0.25, 0.3) is 0 Å². The number of hydrogen-bond donors (Lipinski definition) is 2. The van der Waals surface area contributed by atoms with E-state index in [0.29, 0.717) is 17.8 Å². The second-order valence-corrected chi connectivity index (χ2v) is 6.04. The van der Waals surface area contributed by atoms with E-state index in [1.165, 1.54) is 12.1 Å². The molecule has 2 aromatic carbocycles. The highest BCUT2D eigenvalue weighted by molar-refractivity contribution is 6.05. The van der Waals surface area contributed by atoms with Crippen LogP contribution in [-0.4, -0.2) is 24.1 Å². The van der Waals surface area contributed by atoms with Crippen LogP contribution in [0.5, 0.6) is 5.75 Å². The zero-order chi connectivity index (χ0) is 18.9. The van der Waals surface area contributed by atoms with Gasteiger partial charge in [0, 0.05) is 18.7 Å². The minimum Gasteiger partial charge on any atom is -0.506 e. The monoisotopic (exact) mass is 368 g/mol. The van der Waals surface area contributed by atoms with Crippen LogP contribution in [0.1, 0.15) is 28.8 Å². The number of phenols is 1. The molecule has 138 valence electrons. The first-order valence-corrected chi connectivity index (χ1v) is 8.02. The van der Waals surface area contributed by atoms with Crippen LogP contribution in [0.3, 0.4) is 0 Å². The molecule has 1 amide bonds. The molecule has 0 aliphatic carbocycles. The minimum absolute atomic E-state index is 0.0535. The normalized spacial score (nSPS) is 14.5. The Hall–Kier alpha value is -2.77. The summed E-state index contributed by atoms with van der Waals surface area (Å²) in [6.07, 6.45) is -2.68. The zero-order valence-corrected chi connectivity index (χ0v) is 13.6. The van der Waals surface area contributed by atoms with Crippen molar-refractivity contribution in [2.24, 2.45) is 0 Å². The maximum Gasteiger partial charge on any atom is 0.416 e. The average molecular weight is 368 g/mol. The summed E-state index contributed by atoms with van der Waals surface area (Å²) in [5.74, 6) is -1.90. The molecular weight excluding hydrogens is 352 g/mol. The second kappa shape index (κ2) is 6.86. The molecule has 1 heterocycles. The molecule has 1 fully saturated rings. The third-order valence-electron chi connectivity index (χ3n) is 4.23. The fraction of sp³-hybridized carbons (Fsp3) is 0.278. The molecule has 0 radical (unpaired) electrons. The fourth-order valence-corrected chi connectivity index (χ4v) is 2.87. The lowest BCUT2D eigenvalue weighted by Crippen LogP contribution is -2.20. The molecule has 0 unspecified atom stereocenters. The molecule has 26 heavy (non-hydrogen) atoms. The summed E-state index contributed by atoms with van der Waals surface area (Å²) in [4.78, 5) is 14.1. The molecule has 1 aliphatic rings.